The summed E-state index contributed by atoms with van der Waals surface area (Å²) >= 11 is 0. The van der Waals surface area contributed by atoms with Crippen LogP contribution in [0.25, 0.3) is 16.9 Å². The Hall–Kier alpha value is -2.73. The van der Waals surface area contributed by atoms with E-state index in [0.29, 0.717) is 24.7 Å². The van der Waals surface area contributed by atoms with Crippen LogP contribution in [-0.2, 0) is 4.74 Å². The number of rotatable bonds is 7. The highest BCUT2D eigenvalue weighted by molar-refractivity contribution is 5.78. The van der Waals surface area contributed by atoms with Crippen LogP contribution in [0, 0.1) is 0 Å². The van der Waals surface area contributed by atoms with Gasteiger partial charge in [0.2, 0.25) is 0 Å². The molecule has 2 aromatic heterocycles. The third-order valence-electron chi connectivity index (χ3n) is 3.79. The summed E-state index contributed by atoms with van der Waals surface area (Å²) in [7, 11) is 4.94. The molecule has 0 spiro atoms. The Morgan fingerprint density at radius 1 is 1.04 bits per heavy atom. The van der Waals surface area contributed by atoms with Gasteiger partial charge >= 0.3 is 0 Å². The van der Waals surface area contributed by atoms with Crippen LogP contribution < -0.4 is 14.8 Å². The first-order chi connectivity index (χ1) is 11.8. The molecule has 0 saturated carbocycles. The van der Waals surface area contributed by atoms with Gasteiger partial charge in [-0.15, -0.1) is 0 Å². The van der Waals surface area contributed by atoms with Gasteiger partial charge in [-0.2, -0.15) is 0 Å². The van der Waals surface area contributed by atoms with E-state index < -0.39 is 0 Å². The van der Waals surface area contributed by atoms with Gasteiger partial charge in [-0.1, -0.05) is 6.07 Å². The van der Waals surface area contributed by atoms with Crippen LogP contribution in [0.15, 0.2) is 42.6 Å². The molecule has 3 rings (SSSR count). The Balaban J connectivity index is 2.09. The number of anilines is 1. The Labute approximate surface area is 141 Å². The first kappa shape index (κ1) is 16.1. The molecule has 0 amide bonds. The second kappa shape index (κ2) is 7.23. The van der Waals surface area contributed by atoms with E-state index in [2.05, 4.69) is 5.32 Å². The van der Waals surface area contributed by atoms with Crippen LogP contribution in [0.5, 0.6) is 11.5 Å². The summed E-state index contributed by atoms with van der Waals surface area (Å²) < 4.78 is 17.9. The molecule has 1 aromatic carbocycles. The van der Waals surface area contributed by atoms with Gasteiger partial charge in [-0.25, -0.2) is 4.98 Å². The normalized spacial score (nSPS) is 10.8. The summed E-state index contributed by atoms with van der Waals surface area (Å²) in [5.74, 6) is 2.30. The van der Waals surface area contributed by atoms with Gasteiger partial charge in [0.25, 0.3) is 0 Å². The van der Waals surface area contributed by atoms with Crippen molar-refractivity contribution < 1.29 is 14.2 Å². The Morgan fingerprint density at radius 2 is 1.88 bits per heavy atom. The number of benzene rings is 1. The van der Waals surface area contributed by atoms with Crippen LogP contribution >= 0.6 is 0 Å². The van der Waals surface area contributed by atoms with Crippen molar-refractivity contribution in [3.05, 3.63) is 42.6 Å². The summed E-state index contributed by atoms with van der Waals surface area (Å²) in [6.07, 6.45) is 1.99. The van der Waals surface area contributed by atoms with Gasteiger partial charge in [0.05, 0.1) is 20.8 Å². The zero-order valence-corrected chi connectivity index (χ0v) is 14.1. The topological polar surface area (TPSA) is 57.0 Å². The van der Waals surface area contributed by atoms with Crippen LogP contribution in [0.3, 0.4) is 0 Å². The van der Waals surface area contributed by atoms with Crippen molar-refractivity contribution in [2.24, 2.45) is 0 Å². The molecule has 0 aliphatic carbocycles. The molecule has 0 aliphatic heterocycles. The number of methoxy groups -OCH3 is 3. The molecule has 0 fully saturated rings. The molecule has 126 valence electrons. The summed E-state index contributed by atoms with van der Waals surface area (Å²) in [6, 6.07) is 11.7. The van der Waals surface area contributed by atoms with Crippen molar-refractivity contribution in [1.29, 1.82) is 0 Å². The first-order valence-electron chi connectivity index (χ1n) is 7.70. The molecule has 6 heteroatoms. The largest absolute Gasteiger partial charge is 0.493 e. The van der Waals surface area contributed by atoms with Crippen LogP contribution in [0.4, 0.5) is 5.82 Å². The standard InChI is InChI=1S/C18H21N3O3/c1-22-11-9-19-18-17(20-16-6-4-5-10-21(16)18)13-7-8-14(23-2)15(12-13)24-3/h4-8,10,12,19H,9,11H2,1-3H3. The van der Waals surface area contributed by atoms with E-state index in [0.717, 1.165) is 22.7 Å². The second-order valence-corrected chi connectivity index (χ2v) is 5.23. The molecule has 2 heterocycles. The number of ether oxygens (including phenoxy) is 3. The van der Waals surface area contributed by atoms with Crippen molar-refractivity contribution >= 4 is 11.5 Å². The van der Waals surface area contributed by atoms with Gasteiger partial charge < -0.3 is 19.5 Å². The van der Waals surface area contributed by atoms with Crippen molar-refractivity contribution in [3.8, 4) is 22.8 Å². The van der Waals surface area contributed by atoms with E-state index in [1.807, 2.05) is 47.0 Å². The molecule has 6 nitrogen and oxygen atoms in total. The van der Waals surface area contributed by atoms with Crippen molar-refractivity contribution in [2.75, 3.05) is 39.8 Å². The SMILES string of the molecule is COCCNc1c(-c2ccc(OC)c(OC)c2)nc2ccccn12. The predicted molar refractivity (Wildman–Crippen MR) is 94.1 cm³/mol. The first-order valence-corrected chi connectivity index (χ1v) is 7.70. The Morgan fingerprint density at radius 3 is 2.62 bits per heavy atom. The van der Waals surface area contributed by atoms with Crippen LogP contribution in [-0.4, -0.2) is 43.9 Å². The summed E-state index contributed by atoms with van der Waals surface area (Å²) in [5, 5.41) is 3.41. The highest BCUT2D eigenvalue weighted by Gasteiger charge is 2.15. The fourth-order valence-corrected chi connectivity index (χ4v) is 2.62. The van der Waals surface area contributed by atoms with E-state index >= 15 is 0 Å². The fourth-order valence-electron chi connectivity index (χ4n) is 2.62. The van der Waals surface area contributed by atoms with Gasteiger partial charge in [-0.3, -0.25) is 4.40 Å². The molecule has 24 heavy (non-hydrogen) atoms. The Kier molecular flexibility index (Phi) is 4.86. The van der Waals surface area contributed by atoms with E-state index in [1.54, 1.807) is 21.3 Å². The highest BCUT2D eigenvalue weighted by Crippen LogP contribution is 2.35. The molecule has 1 N–H and O–H groups in total. The van der Waals surface area contributed by atoms with Gasteiger partial charge in [-0.05, 0) is 30.3 Å². The molecule has 0 aliphatic rings. The average Bonchev–Trinajstić information content (AvgIpc) is 3.00. The summed E-state index contributed by atoms with van der Waals surface area (Å²) in [6.45, 7) is 1.31. The maximum atomic E-state index is 5.41. The Bertz CT molecular complexity index is 829. The predicted octanol–water partition coefficient (Wildman–Crippen LogP) is 3.08. The number of hydrogen-bond acceptors (Lipinski definition) is 5. The lowest BCUT2D eigenvalue weighted by molar-refractivity contribution is 0.210. The number of imidazole rings is 1. The zero-order chi connectivity index (χ0) is 16.9. The molecule has 0 atom stereocenters. The zero-order valence-electron chi connectivity index (χ0n) is 14.1. The number of pyridine rings is 1. The van der Waals surface area contributed by atoms with E-state index in [4.69, 9.17) is 19.2 Å². The quantitative estimate of drug-likeness (QED) is 0.676. The fraction of sp³-hybridized carbons (Fsp3) is 0.278. The molecular formula is C18H21N3O3. The number of nitrogens with one attached hydrogen (secondary N) is 1. The molecule has 3 aromatic rings. The maximum Gasteiger partial charge on any atom is 0.161 e. The minimum atomic E-state index is 0.617. The number of aromatic nitrogens is 2. The number of nitrogens with zero attached hydrogens (tertiary/aromatic N) is 2. The molecule has 0 bridgehead atoms. The monoisotopic (exact) mass is 327 g/mol. The van der Waals surface area contributed by atoms with Crippen LogP contribution in [0.1, 0.15) is 0 Å². The lowest BCUT2D eigenvalue weighted by Gasteiger charge is -2.11. The van der Waals surface area contributed by atoms with E-state index in [-0.39, 0.29) is 0 Å². The van der Waals surface area contributed by atoms with E-state index in [9.17, 15) is 0 Å². The molecule has 0 unspecified atom stereocenters. The summed E-state index contributed by atoms with van der Waals surface area (Å²) in [5.41, 5.74) is 2.69. The van der Waals surface area contributed by atoms with Crippen molar-refractivity contribution in [2.45, 2.75) is 0 Å². The summed E-state index contributed by atoms with van der Waals surface area (Å²) in [4.78, 5) is 4.76. The van der Waals surface area contributed by atoms with Gasteiger partial charge in [0, 0.05) is 25.4 Å². The third kappa shape index (κ3) is 3.00. The molecule has 0 saturated heterocycles. The molecular weight excluding hydrogens is 306 g/mol. The molecule has 0 radical (unpaired) electrons. The second-order valence-electron chi connectivity index (χ2n) is 5.23. The van der Waals surface area contributed by atoms with E-state index in [1.165, 1.54) is 0 Å². The highest BCUT2D eigenvalue weighted by atomic mass is 16.5. The lowest BCUT2D eigenvalue weighted by Crippen LogP contribution is -2.10. The number of hydrogen-bond donors (Lipinski definition) is 1. The van der Waals surface area contributed by atoms with Crippen molar-refractivity contribution in [1.82, 2.24) is 9.38 Å². The number of fused-ring (bicyclic) bond motifs is 1. The van der Waals surface area contributed by atoms with Crippen LogP contribution in [0.2, 0.25) is 0 Å². The minimum Gasteiger partial charge on any atom is -0.493 e. The third-order valence-corrected chi connectivity index (χ3v) is 3.79. The smallest absolute Gasteiger partial charge is 0.161 e. The maximum absolute atomic E-state index is 5.41. The average molecular weight is 327 g/mol. The van der Waals surface area contributed by atoms with Gasteiger partial charge in [0.15, 0.2) is 11.5 Å². The van der Waals surface area contributed by atoms with Crippen molar-refractivity contribution in [3.63, 3.8) is 0 Å². The minimum absolute atomic E-state index is 0.617. The van der Waals surface area contributed by atoms with Gasteiger partial charge in [0.1, 0.15) is 17.2 Å². The lowest BCUT2D eigenvalue weighted by atomic mass is 10.1.